The first-order chi connectivity index (χ1) is 5.99. The van der Waals surface area contributed by atoms with Gasteiger partial charge in [-0.25, -0.2) is 0 Å². The SMILES string of the molecule is CC1=C(C)CC(C)(CCO)C(C)C1. The summed E-state index contributed by atoms with van der Waals surface area (Å²) in [6.45, 7) is 9.42. The highest BCUT2D eigenvalue weighted by molar-refractivity contribution is 5.17. The van der Waals surface area contributed by atoms with Crippen molar-refractivity contribution in [1.82, 2.24) is 0 Å². The summed E-state index contributed by atoms with van der Waals surface area (Å²) in [5.41, 5.74) is 3.43. The fraction of sp³-hybridized carbons (Fsp3) is 0.833. The van der Waals surface area contributed by atoms with Crippen LogP contribution in [0.3, 0.4) is 0 Å². The van der Waals surface area contributed by atoms with E-state index in [1.165, 1.54) is 18.4 Å². The highest BCUT2D eigenvalue weighted by Gasteiger charge is 2.34. The second-order valence-corrected chi connectivity index (χ2v) is 4.97. The molecule has 1 aliphatic carbocycles. The van der Waals surface area contributed by atoms with Gasteiger partial charge in [0.2, 0.25) is 0 Å². The van der Waals surface area contributed by atoms with E-state index in [-0.39, 0.29) is 0 Å². The highest BCUT2D eigenvalue weighted by atomic mass is 16.3. The van der Waals surface area contributed by atoms with Crippen LogP contribution in [-0.4, -0.2) is 11.7 Å². The molecule has 0 bridgehead atoms. The lowest BCUT2D eigenvalue weighted by Crippen LogP contribution is -2.30. The molecule has 1 rings (SSSR count). The molecule has 1 nitrogen and oxygen atoms in total. The predicted octanol–water partition coefficient (Wildman–Crippen LogP) is 3.14. The molecule has 76 valence electrons. The fourth-order valence-electron chi connectivity index (χ4n) is 2.40. The maximum absolute atomic E-state index is 9.04. The van der Waals surface area contributed by atoms with Crippen LogP contribution in [0.4, 0.5) is 0 Å². The Labute approximate surface area is 81.9 Å². The Morgan fingerprint density at radius 3 is 2.54 bits per heavy atom. The molecule has 0 saturated heterocycles. The van der Waals surface area contributed by atoms with Gasteiger partial charge in [0.05, 0.1) is 0 Å². The van der Waals surface area contributed by atoms with Crippen molar-refractivity contribution in [3.8, 4) is 0 Å². The second-order valence-electron chi connectivity index (χ2n) is 4.97. The molecule has 0 aromatic carbocycles. The molecule has 0 aromatic heterocycles. The molecule has 1 aliphatic rings. The molecule has 2 atom stereocenters. The van der Waals surface area contributed by atoms with Gasteiger partial charge in [-0.1, -0.05) is 25.0 Å². The Kier molecular flexibility index (Phi) is 3.18. The van der Waals surface area contributed by atoms with Crippen LogP contribution in [0.1, 0.15) is 47.0 Å². The van der Waals surface area contributed by atoms with E-state index in [1.807, 2.05) is 0 Å². The summed E-state index contributed by atoms with van der Waals surface area (Å²) in [4.78, 5) is 0. The van der Waals surface area contributed by atoms with E-state index >= 15 is 0 Å². The number of hydrogen-bond donors (Lipinski definition) is 1. The minimum atomic E-state index is 0.327. The highest BCUT2D eigenvalue weighted by Crippen LogP contribution is 2.45. The largest absolute Gasteiger partial charge is 0.396 e. The standard InChI is InChI=1S/C12H22O/c1-9-7-11(3)12(4,5-6-13)8-10(9)2/h11,13H,5-8H2,1-4H3. The van der Waals surface area contributed by atoms with Crippen molar-refractivity contribution in [2.24, 2.45) is 11.3 Å². The first-order valence-electron chi connectivity index (χ1n) is 5.25. The molecule has 0 heterocycles. The van der Waals surface area contributed by atoms with E-state index in [2.05, 4.69) is 27.7 Å². The Bertz CT molecular complexity index is 217. The smallest absolute Gasteiger partial charge is 0.0436 e. The number of aliphatic hydroxyl groups excluding tert-OH is 1. The number of hydrogen-bond acceptors (Lipinski definition) is 1. The van der Waals surface area contributed by atoms with Crippen molar-refractivity contribution in [1.29, 1.82) is 0 Å². The third-order valence-corrected chi connectivity index (χ3v) is 3.88. The monoisotopic (exact) mass is 182 g/mol. The Morgan fingerprint density at radius 1 is 1.38 bits per heavy atom. The molecule has 0 radical (unpaired) electrons. The van der Waals surface area contributed by atoms with Crippen LogP contribution in [0, 0.1) is 11.3 Å². The van der Waals surface area contributed by atoms with Gasteiger partial charge < -0.3 is 5.11 Å². The van der Waals surface area contributed by atoms with Crippen LogP contribution in [0.15, 0.2) is 11.1 Å². The van der Waals surface area contributed by atoms with E-state index in [0.29, 0.717) is 17.9 Å². The molecule has 0 aliphatic heterocycles. The molecule has 1 N–H and O–H groups in total. The lowest BCUT2D eigenvalue weighted by Gasteiger charge is -2.40. The normalized spacial score (nSPS) is 35.3. The third kappa shape index (κ3) is 2.14. The number of aliphatic hydroxyl groups is 1. The van der Waals surface area contributed by atoms with Gasteiger partial charge in [-0.3, -0.25) is 0 Å². The summed E-state index contributed by atoms with van der Waals surface area (Å²) in [5.74, 6) is 0.711. The minimum Gasteiger partial charge on any atom is -0.396 e. The summed E-state index contributed by atoms with van der Waals surface area (Å²) in [5, 5.41) is 9.04. The third-order valence-electron chi connectivity index (χ3n) is 3.88. The summed E-state index contributed by atoms with van der Waals surface area (Å²) >= 11 is 0. The maximum Gasteiger partial charge on any atom is 0.0436 e. The average molecular weight is 182 g/mol. The van der Waals surface area contributed by atoms with E-state index in [4.69, 9.17) is 5.11 Å². The summed E-state index contributed by atoms with van der Waals surface area (Å²) in [6.07, 6.45) is 3.32. The minimum absolute atomic E-state index is 0.327. The van der Waals surface area contributed by atoms with Gasteiger partial charge in [-0.2, -0.15) is 0 Å². The molecule has 0 spiro atoms. The summed E-state index contributed by atoms with van der Waals surface area (Å²) in [6, 6.07) is 0. The van der Waals surface area contributed by atoms with Gasteiger partial charge in [0.1, 0.15) is 0 Å². The molecule has 2 unspecified atom stereocenters. The molecule has 0 fully saturated rings. The zero-order valence-corrected chi connectivity index (χ0v) is 9.35. The summed E-state index contributed by atoms with van der Waals surface area (Å²) < 4.78 is 0. The zero-order chi connectivity index (χ0) is 10.1. The van der Waals surface area contributed by atoms with Crippen molar-refractivity contribution in [2.75, 3.05) is 6.61 Å². The molecular weight excluding hydrogens is 160 g/mol. The van der Waals surface area contributed by atoms with Gasteiger partial charge >= 0.3 is 0 Å². The lowest BCUT2D eigenvalue weighted by molar-refractivity contribution is 0.125. The van der Waals surface area contributed by atoms with Crippen molar-refractivity contribution < 1.29 is 5.11 Å². The van der Waals surface area contributed by atoms with Crippen molar-refractivity contribution >= 4 is 0 Å². The van der Waals surface area contributed by atoms with E-state index in [0.717, 1.165) is 6.42 Å². The first kappa shape index (κ1) is 10.8. The topological polar surface area (TPSA) is 20.2 Å². The van der Waals surface area contributed by atoms with Crippen molar-refractivity contribution in [3.63, 3.8) is 0 Å². The Balaban J connectivity index is 2.79. The van der Waals surface area contributed by atoms with E-state index < -0.39 is 0 Å². The predicted molar refractivity (Wildman–Crippen MR) is 56.6 cm³/mol. The van der Waals surface area contributed by atoms with Gasteiger partial charge in [0.15, 0.2) is 0 Å². The summed E-state index contributed by atoms with van der Waals surface area (Å²) in [7, 11) is 0. The van der Waals surface area contributed by atoms with Crippen molar-refractivity contribution in [3.05, 3.63) is 11.1 Å². The van der Waals surface area contributed by atoms with Gasteiger partial charge in [0, 0.05) is 6.61 Å². The van der Waals surface area contributed by atoms with Crippen molar-refractivity contribution in [2.45, 2.75) is 47.0 Å². The first-order valence-corrected chi connectivity index (χ1v) is 5.25. The number of allylic oxidation sites excluding steroid dienone is 2. The fourth-order valence-corrected chi connectivity index (χ4v) is 2.40. The molecule has 13 heavy (non-hydrogen) atoms. The van der Waals surface area contributed by atoms with Crippen LogP contribution in [0.5, 0.6) is 0 Å². The van der Waals surface area contributed by atoms with Crippen LogP contribution in [-0.2, 0) is 0 Å². The van der Waals surface area contributed by atoms with Gasteiger partial charge in [0.25, 0.3) is 0 Å². The van der Waals surface area contributed by atoms with Gasteiger partial charge in [-0.05, 0) is 44.4 Å². The molecule has 0 amide bonds. The molecular formula is C12H22O. The van der Waals surface area contributed by atoms with Crippen LogP contribution in [0.25, 0.3) is 0 Å². The molecule has 1 heteroatoms. The Morgan fingerprint density at radius 2 is 2.00 bits per heavy atom. The Hall–Kier alpha value is -0.300. The molecule has 0 aromatic rings. The van der Waals surface area contributed by atoms with Crippen LogP contribution < -0.4 is 0 Å². The maximum atomic E-state index is 9.04. The van der Waals surface area contributed by atoms with Gasteiger partial charge in [-0.15, -0.1) is 0 Å². The average Bonchev–Trinajstić information content (AvgIpc) is 2.02. The van der Waals surface area contributed by atoms with E-state index in [1.54, 1.807) is 5.57 Å². The quantitative estimate of drug-likeness (QED) is 0.650. The lowest BCUT2D eigenvalue weighted by atomic mass is 9.65. The second kappa shape index (κ2) is 3.83. The zero-order valence-electron chi connectivity index (χ0n) is 9.35. The van der Waals surface area contributed by atoms with Crippen LogP contribution >= 0.6 is 0 Å². The number of rotatable bonds is 2. The van der Waals surface area contributed by atoms with Crippen LogP contribution in [0.2, 0.25) is 0 Å². The van der Waals surface area contributed by atoms with E-state index in [9.17, 15) is 0 Å². The molecule has 0 saturated carbocycles.